The van der Waals surface area contributed by atoms with Gasteiger partial charge >= 0.3 is 0 Å². The second-order valence-electron chi connectivity index (χ2n) is 4.13. The summed E-state index contributed by atoms with van der Waals surface area (Å²) in [6, 6.07) is 9.81. The minimum atomic E-state index is -0.620. The molecule has 1 atom stereocenters. The van der Waals surface area contributed by atoms with Gasteiger partial charge < -0.3 is 5.32 Å². The lowest BCUT2D eigenvalue weighted by molar-refractivity contribution is 0.583. The molecule has 0 aliphatic rings. The molecule has 0 spiro atoms. The van der Waals surface area contributed by atoms with Gasteiger partial charge in [-0.2, -0.15) is 0 Å². The number of anilines is 1. The highest BCUT2D eigenvalue weighted by Gasteiger charge is 2.15. The van der Waals surface area contributed by atoms with Crippen molar-refractivity contribution < 1.29 is 8.78 Å². The second-order valence-corrected chi connectivity index (χ2v) is 5.90. The number of benzene rings is 2. The molecule has 0 heterocycles. The van der Waals surface area contributed by atoms with Gasteiger partial charge in [-0.05, 0) is 30.7 Å². The molecule has 0 saturated carbocycles. The zero-order chi connectivity index (χ0) is 14.0. The van der Waals surface area contributed by atoms with E-state index in [-0.39, 0.29) is 11.7 Å². The molecular formula is C14H11Br2F2N. The second kappa shape index (κ2) is 6.01. The predicted octanol–water partition coefficient (Wildman–Crippen LogP) is 5.66. The first-order valence-electron chi connectivity index (χ1n) is 5.64. The lowest BCUT2D eigenvalue weighted by atomic mass is 10.1. The molecule has 1 nitrogen and oxygen atoms in total. The Kier molecular flexibility index (Phi) is 4.58. The van der Waals surface area contributed by atoms with Crippen LogP contribution in [0.3, 0.4) is 0 Å². The Morgan fingerprint density at radius 2 is 1.63 bits per heavy atom. The molecule has 0 saturated heterocycles. The van der Waals surface area contributed by atoms with Gasteiger partial charge in [0.15, 0.2) is 0 Å². The van der Waals surface area contributed by atoms with Crippen molar-refractivity contribution in [1.29, 1.82) is 0 Å². The molecule has 19 heavy (non-hydrogen) atoms. The van der Waals surface area contributed by atoms with E-state index < -0.39 is 11.6 Å². The summed E-state index contributed by atoms with van der Waals surface area (Å²) < 4.78 is 28.8. The van der Waals surface area contributed by atoms with Crippen LogP contribution in [0.4, 0.5) is 14.5 Å². The number of nitrogens with one attached hydrogen (secondary N) is 1. The van der Waals surface area contributed by atoms with Gasteiger partial charge in [0.25, 0.3) is 0 Å². The minimum Gasteiger partial charge on any atom is -0.374 e. The average molecular weight is 391 g/mol. The quantitative estimate of drug-likeness (QED) is 0.712. The van der Waals surface area contributed by atoms with E-state index in [1.54, 1.807) is 0 Å². The third kappa shape index (κ3) is 3.34. The molecular weight excluding hydrogens is 380 g/mol. The Morgan fingerprint density at radius 3 is 2.21 bits per heavy atom. The molecule has 5 heteroatoms. The summed E-state index contributed by atoms with van der Waals surface area (Å²) in [5.41, 5.74) is 0.815. The van der Waals surface area contributed by atoms with Gasteiger partial charge in [0.05, 0.1) is 0 Å². The van der Waals surface area contributed by atoms with E-state index in [1.165, 1.54) is 12.1 Å². The van der Waals surface area contributed by atoms with Crippen LogP contribution >= 0.6 is 31.9 Å². The van der Waals surface area contributed by atoms with E-state index in [4.69, 9.17) is 0 Å². The van der Waals surface area contributed by atoms with Gasteiger partial charge in [0, 0.05) is 15.0 Å². The fourth-order valence-corrected chi connectivity index (χ4v) is 2.83. The molecule has 2 aromatic carbocycles. The largest absolute Gasteiger partial charge is 0.374 e. The molecule has 1 unspecified atom stereocenters. The van der Waals surface area contributed by atoms with E-state index in [0.29, 0.717) is 4.47 Å². The average Bonchev–Trinajstić information content (AvgIpc) is 2.34. The summed E-state index contributed by atoms with van der Waals surface area (Å²) in [5, 5.41) is 2.86. The smallest absolute Gasteiger partial charge is 0.150 e. The first-order valence-corrected chi connectivity index (χ1v) is 7.23. The summed E-state index contributed by atoms with van der Waals surface area (Å²) in [7, 11) is 0. The van der Waals surface area contributed by atoms with Crippen molar-refractivity contribution in [3.8, 4) is 0 Å². The maximum absolute atomic E-state index is 13.7. The molecule has 0 aromatic heterocycles. The van der Waals surface area contributed by atoms with Crippen LogP contribution in [0.15, 0.2) is 45.3 Å². The Morgan fingerprint density at radius 1 is 1.05 bits per heavy atom. The van der Waals surface area contributed by atoms with Crippen LogP contribution in [0.5, 0.6) is 0 Å². The van der Waals surface area contributed by atoms with Crippen molar-refractivity contribution in [2.24, 2.45) is 0 Å². The van der Waals surface area contributed by atoms with Crippen LogP contribution < -0.4 is 5.32 Å². The highest BCUT2D eigenvalue weighted by molar-refractivity contribution is 9.10. The van der Waals surface area contributed by atoms with Crippen LogP contribution in [0.2, 0.25) is 0 Å². The summed E-state index contributed by atoms with van der Waals surface area (Å²) >= 11 is 6.48. The van der Waals surface area contributed by atoms with Crippen molar-refractivity contribution >= 4 is 37.5 Å². The standard InChI is InChI=1S/C14H11Br2F2N/c1-8(10-4-2-3-5-11(10)16)19-14-12(17)6-9(15)7-13(14)18/h2-8,19H,1H3. The molecule has 0 aliphatic heterocycles. The third-order valence-electron chi connectivity index (χ3n) is 2.74. The molecule has 0 aliphatic carbocycles. The van der Waals surface area contributed by atoms with Gasteiger partial charge in [-0.3, -0.25) is 0 Å². The van der Waals surface area contributed by atoms with E-state index in [9.17, 15) is 8.78 Å². The Labute approximate surface area is 127 Å². The highest BCUT2D eigenvalue weighted by Crippen LogP contribution is 2.30. The van der Waals surface area contributed by atoms with Crippen molar-refractivity contribution in [3.63, 3.8) is 0 Å². The summed E-state index contributed by atoms with van der Waals surface area (Å²) in [5.74, 6) is -1.24. The fourth-order valence-electron chi connectivity index (χ4n) is 1.80. The molecule has 2 aromatic rings. The van der Waals surface area contributed by atoms with Gasteiger partial charge in [-0.25, -0.2) is 8.78 Å². The molecule has 2 rings (SSSR count). The maximum Gasteiger partial charge on any atom is 0.150 e. The van der Waals surface area contributed by atoms with Gasteiger partial charge in [-0.15, -0.1) is 0 Å². The Balaban J connectivity index is 2.29. The summed E-state index contributed by atoms with van der Waals surface area (Å²) in [6.45, 7) is 1.85. The lowest BCUT2D eigenvalue weighted by Gasteiger charge is -2.18. The van der Waals surface area contributed by atoms with E-state index in [2.05, 4.69) is 37.2 Å². The van der Waals surface area contributed by atoms with Crippen molar-refractivity contribution in [1.82, 2.24) is 0 Å². The normalized spacial score (nSPS) is 12.3. The number of rotatable bonds is 3. The van der Waals surface area contributed by atoms with Crippen LogP contribution in [0.25, 0.3) is 0 Å². The van der Waals surface area contributed by atoms with Gasteiger partial charge in [0.1, 0.15) is 17.3 Å². The zero-order valence-electron chi connectivity index (χ0n) is 10.1. The zero-order valence-corrected chi connectivity index (χ0v) is 13.2. The fraction of sp³-hybridized carbons (Fsp3) is 0.143. The highest BCUT2D eigenvalue weighted by atomic mass is 79.9. The lowest BCUT2D eigenvalue weighted by Crippen LogP contribution is -2.10. The topological polar surface area (TPSA) is 12.0 Å². The Bertz CT molecular complexity index is 579. The molecule has 0 amide bonds. The third-order valence-corrected chi connectivity index (χ3v) is 3.92. The first-order chi connectivity index (χ1) is 8.99. The minimum absolute atomic E-state index is 0.119. The predicted molar refractivity (Wildman–Crippen MR) is 80.2 cm³/mol. The van der Waals surface area contributed by atoms with Crippen LogP contribution in [0.1, 0.15) is 18.5 Å². The summed E-state index contributed by atoms with van der Waals surface area (Å²) in [4.78, 5) is 0. The van der Waals surface area contributed by atoms with Crippen molar-refractivity contribution in [2.45, 2.75) is 13.0 Å². The van der Waals surface area contributed by atoms with E-state index in [1.807, 2.05) is 31.2 Å². The number of hydrogen-bond donors (Lipinski definition) is 1. The maximum atomic E-state index is 13.7. The van der Waals surface area contributed by atoms with Crippen molar-refractivity contribution in [3.05, 3.63) is 62.5 Å². The number of halogens is 4. The first kappa shape index (κ1) is 14.5. The Hall–Kier alpha value is -0.940. The van der Waals surface area contributed by atoms with Crippen LogP contribution in [-0.2, 0) is 0 Å². The molecule has 100 valence electrons. The molecule has 0 bridgehead atoms. The van der Waals surface area contributed by atoms with Crippen LogP contribution in [-0.4, -0.2) is 0 Å². The molecule has 1 N–H and O–H groups in total. The monoisotopic (exact) mass is 389 g/mol. The van der Waals surface area contributed by atoms with E-state index in [0.717, 1.165) is 10.0 Å². The van der Waals surface area contributed by atoms with Gasteiger partial charge in [-0.1, -0.05) is 50.1 Å². The van der Waals surface area contributed by atoms with Gasteiger partial charge in [0.2, 0.25) is 0 Å². The summed E-state index contributed by atoms with van der Waals surface area (Å²) in [6.07, 6.45) is 0. The SMILES string of the molecule is CC(Nc1c(F)cc(Br)cc1F)c1ccccc1Br. The number of hydrogen-bond acceptors (Lipinski definition) is 1. The van der Waals surface area contributed by atoms with Crippen molar-refractivity contribution in [2.75, 3.05) is 5.32 Å². The molecule has 0 radical (unpaired) electrons. The molecule has 0 fully saturated rings. The van der Waals surface area contributed by atoms with E-state index >= 15 is 0 Å². The van der Waals surface area contributed by atoms with Crippen LogP contribution in [0, 0.1) is 11.6 Å².